The third-order valence-electron chi connectivity index (χ3n) is 2.96. The zero-order chi connectivity index (χ0) is 16.9. The van der Waals surface area contributed by atoms with Crippen LogP contribution in [0.5, 0.6) is 0 Å². The highest BCUT2D eigenvalue weighted by Gasteiger charge is 2.27. The molecule has 0 aliphatic carbocycles. The van der Waals surface area contributed by atoms with E-state index in [-0.39, 0.29) is 44.3 Å². The first-order chi connectivity index (χ1) is 10.1. The third kappa shape index (κ3) is 6.11. The maximum atomic E-state index is 12.0. The van der Waals surface area contributed by atoms with Gasteiger partial charge in [-0.05, 0) is 20.8 Å². The second kappa shape index (κ2) is 7.24. The number of ether oxygens (including phenoxy) is 1. The van der Waals surface area contributed by atoms with Crippen LogP contribution in [0.1, 0.15) is 33.6 Å². The molecule has 0 unspecified atom stereocenters. The SMILES string of the molecule is CC(C)(C)OC(=O)CN1CCC(=O)N(CC(=O)O)CCC1=O. The minimum absolute atomic E-state index is 0.0121. The molecule has 0 bridgehead atoms. The van der Waals surface area contributed by atoms with Crippen LogP contribution in [-0.2, 0) is 23.9 Å². The molecule has 1 fully saturated rings. The molecule has 22 heavy (non-hydrogen) atoms. The highest BCUT2D eigenvalue weighted by molar-refractivity contribution is 5.86. The average Bonchev–Trinajstić information content (AvgIpc) is 2.34. The normalized spacial score (nSPS) is 17.0. The lowest BCUT2D eigenvalue weighted by Gasteiger charge is -2.29. The predicted molar refractivity (Wildman–Crippen MR) is 75.9 cm³/mol. The van der Waals surface area contributed by atoms with E-state index in [1.807, 2.05) is 0 Å². The van der Waals surface area contributed by atoms with Crippen LogP contribution < -0.4 is 0 Å². The average molecular weight is 314 g/mol. The zero-order valence-electron chi connectivity index (χ0n) is 13.1. The van der Waals surface area contributed by atoms with Crippen molar-refractivity contribution in [2.45, 2.75) is 39.2 Å². The number of carboxylic acid groups (broad SMARTS) is 1. The van der Waals surface area contributed by atoms with Gasteiger partial charge >= 0.3 is 11.9 Å². The predicted octanol–water partition coefficient (Wildman–Crippen LogP) is -0.136. The Morgan fingerprint density at radius 3 is 1.91 bits per heavy atom. The molecular formula is C14H22N2O6. The van der Waals surface area contributed by atoms with Crippen molar-refractivity contribution in [3.63, 3.8) is 0 Å². The molecular weight excluding hydrogens is 292 g/mol. The van der Waals surface area contributed by atoms with Crippen molar-refractivity contribution in [2.24, 2.45) is 0 Å². The van der Waals surface area contributed by atoms with E-state index in [1.54, 1.807) is 20.8 Å². The van der Waals surface area contributed by atoms with E-state index in [1.165, 1.54) is 4.90 Å². The molecule has 1 N–H and O–H groups in total. The van der Waals surface area contributed by atoms with E-state index < -0.39 is 24.1 Å². The fraction of sp³-hybridized carbons (Fsp3) is 0.714. The number of carbonyl (C=O) groups excluding carboxylic acids is 3. The number of carbonyl (C=O) groups is 4. The van der Waals surface area contributed by atoms with E-state index in [0.717, 1.165) is 4.90 Å². The van der Waals surface area contributed by atoms with Crippen LogP contribution in [0, 0.1) is 0 Å². The van der Waals surface area contributed by atoms with Crippen molar-refractivity contribution < 1.29 is 29.0 Å². The lowest BCUT2D eigenvalue weighted by Crippen LogP contribution is -2.46. The number of nitrogens with zero attached hydrogens (tertiary/aromatic N) is 2. The van der Waals surface area contributed by atoms with Gasteiger partial charge in [0.1, 0.15) is 18.7 Å². The standard InChI is InChI=1S/C14H22N2O6/c1-14(2,3)22-13(21)9-16-7-5-10(17)15(8-12(19)20)6-4-11(16)18/h4-9H2,1-3H3,(H,19,20). The molecule has 0 spiro atoms. The van der Waals surface area contributed by atoms with Gasteiger partial charge in [-0.25, -0.2) is 0 Å². The summed E-state index contributed by atoms with van der Waals surface area (Å²) in [5.41, 5.74) is -0.642. The fourth-order valence-electron chi connectivity index (χ4n) is 2.05. The summed E-state index contributed by atoms with van der Waals surface area (Å²) < 4.78 is 5.16. The summed E-state index contributed by atoms with van der Waals surface area (Å²) in [5.74, 6) is -2.29. The maximum Gasteiger partial charge on any atom is 0.326 e. The number of amides is 2. The largest absolute Gasteiger partial charge is 0.480 e. The number of esters is 1. The van der Waals surface area contributed by atoms with E-state index in [4.69, 9.17) is 9.84 Å². The molecule has 1 aliphatic heterocycles. The van der Waals surface area contributed by atoms with Gasteiger partial charge in [-0.2, -0.15) is 0 Å². The highest BCUT2D eigenvalue weighted by Crippen LogP contribution is 2.10. The molecule has 0 atom stereocenters. The first-order valence-electron chi connectivity index (χ1n) is 7.07. The number of rotatable bonds is 4. The summed E-state index contributed by atoms with van der Waals surface area (Å²) in [6.45, 7) is 4.68. The topological polar surface area (TPSA) is 104 Å². The third-order valence-corrected chi connectivity index (χ3v) is 2.96. The van der Waals surface area contributed by atoms with Gasteiger partial charge in [-0.3, -0.25) is 19.2 Å². The van der Waals surface area contributed by atoms with Crippen LogP contribution in [0.25, 0.3) is 0 Å². The molecule has 124 valence electrons. The molecule has 8 nitrogen and oxygen atoms in total. The van der Waals surface area contributed by atoms with Gasteiger partial charge in [0.2, 0.25) is 11.8 Å². The molecule has 0 aromatic carbocycles. The van der Waals surface area contributed by atoms with Gasteiger partial charge in [0.25, 0.3) is 0 Å². The minimum Gasteiger partial charge on any atom is -0.480 e. The van der Waals surface area contributed by atoms with E-state index in [9.17, 15) is 19.2 Å². The Morgan fingerprint density at radius 2 is 1.50 bits per heavy atom. The Kier molecular flexibility index (Phi) is 5.90. The Morgan fingerprint density at radius 1 is 1.05 bits per heavy atom. The molecule has 1 heterocycles. The monoisotopic (exact) mass is 314 g/mol. The van der Waals surface area contributed by atoms with Crippen LogP contribution in [-0.4, -0.2) is 70.4 Å². The van der Waals surface area contributed by atoms with Gasteiger partial charge in [0.05, 0.1) is 0 Å². The van der Waals surface area contributed by atoms with Gasteiger partial charge in [0, 0.05) is 25.9 Å². The quantitative estimate of drug-likeness (QED) is 0.725. The number of carboxylic acids is 1. The van der Waals surface area contributed by atoms with E-state index >= 15 is 0 Å². The first-order valence-corrected chi connectivity index (χ1v) is 7.07. The van der Waals surface area contributed by atoms with Gasteiger partial charge < -0.3 is 19.6 Å². The fourth-order valence-corrected chi connectivity index (χ4v) is 2.05. The zero-order valence-corrected chi connectivity index (χ0v) is 13.1. The molecule has 1 aliphatic rings. The van der Waals surface area contributed by atoms with Crippen molar-refractivity contribution >= 4 is 23.8 Å². The van der Waals surface area contributed by atoms with Crippen LogP contribution in [0.4, 0.5) is 0 Å². The molecule has 0 radical (unpaired) electrons. The van der Waals surface area contributed by atoms with Crippen LogP contribution in [0.2, 0.25) is 0 Å². The van der Waals surface area contributed by atoms with E-state index in [0.29, 0.717) is 0 Å². The first kappa shape index (κ1) is 17.9. The molecule has 8 heteroatoms. The molecule has 2 amide bonds. The summed E-state index contributed by atoms with van der Waals surface area (Å²) in [6.07, 6.45) is -0.0242. The Hall–Kier alpha value is -2.12. The lowest BCUT2D eigenvalue weighted by molar-refractivity contribution is -0.160. The van der Waals surface area contributed by atoms with Crippen molar-refractivity contribution in [3.8, 4) is 0 Å². The molecule has 1 saturated heterocycles. The minimum atomic E-state index is -1.12. The number of hydrogen-bond acceptors (Lipinski definition) is 5. The van der Waals surface area contributed by atoms with Gasteiger partial charge in [-0.15, -0.1) is 0 Å². The molecule has 1 rings (SSSR count). The molecule has 0 aromatic heterocycles. The van der Waals surface area contributed by atoms with Crippen molar-refractivity contribution in [3.05, 3.63) is 0 Å². The Bertz CT molecular complexity index is 468. The Balaban J connectivity index is 2.62. The Labute approximate surface area is 129 Å². The van der Waals surface area contributed by atoms with Crippen LogP contribution in [0.15, 0.2) is 0 Å². The second-order valence-corrected chi connectivity index (χ2v) is 6.11. The van der Waals surface area contributed by atoms with Crippen molar-refractivity contribution in [1.82, 2.24) is 9.80 Å². The van der Waals surface area contributed by atoms with E-state index in [2.05, 4.69) is 0 Å². The summed E-state index contributed by atoms with van der Waals surface area (Å²) in [5, 5.41) is 8.74. The summed E-state index contributed by atoms with van der Waals surface area (Å²) in [6, 6.07) is 0. The van der Waals surface area contributed by atoms with Crippen LogP contribution >= 0.6 is 0 Å². The lowest BCUT2D eigenvalue weighted by atomic mass is 10.2. The van der Waals surface area contributed by atoms with Crippen LogP contribution in [0.3, 0.4) is 0 Å². The smallest absolute Gasteiger partial charge is 0.326 e. The summed E-state index contributed by atoms with van der Waals surface area (Å²) in [7, 11) is 0. The molecule has 0 saturated carbocycles. The van der Waals surface area contributed by atoms with Gasteiger partial charge in [0.15, 0.2) is 0 Å². The number of aliphatic carboxylic acids is 1. The van der Waals surface area contributed by atoms with Gasteiger partial charge in [-0.1, -0.05) is 0 Å². The second-order valence-electron chi connectivity index (χ2n) is 6.11. The van der Waals surface area contributed by atoms with Crippen molar-refractivity contribution in [2.75, 3.05) is 26.2 Å². The molecule has 0 aromatic rings. The van der Waals surface area contributed by atoms with Crippen molar-refractivity contribution in [1.29, 1.82) is 0 Å². The summed E-state index contributed by atoms with van der Waals surface area (Å²) in [4.78, 5) is 48.8. The summed E-state index contributed by atoms with van der Waals surface area (Å²) >= 11 is 0. The highest BCUT2D eigenvalue weighted by atomic mass is 16.6. The number of hydrogen-bond donors (Lipinski definition) is 1. The maximum absolute atomic E-state index is 12.0.